The minimum absolute atomic E-state index is 0.262. The normalized spacial score (nSPS) is 11.8. The number of rotatable bonds is 5. The second kappa shape index (κ2) is 13.9. The summed E-state index contributed by atoms with van der Waals surface area (Å²) in [6, 6.07) is 0. The highest BCUT2D eigenvalue weighted by atomic mass is 16.3. The van der Waals surface area contributed by atoms with Crippen molar-refractivity contribution in [1.82, 2.24) is 29.9 Å². The molecule has 0 amide bonds. The molecule has 0 aliphatic carbocycles. The molecule has 10 heteroatoms. The molecule has 0 spiro atoms. The topological polar surface area (TPSA) is 158 Å². The van der Waals surface area contributed by atoms with Crippen molar-refractivity contribution in [3.05, 3.63) is 77.9 Å². The Kier molecular flexibility index (Phi) is 11.6. The van der Waals surface area contributed by atoms with E-state index >= 15 is 0 Å². The van der Waals surface area contributed by atoms with Crippen molar-refractivity contribution in [1.29, 1.82) is 0 Å². The van der Waals surface area contributed by atoms with Gasteiger partial charge in [-0.15, -0.1) is 0 Å². The van der Waals surface area contributed by atoms with Gasteiger partial charge in [0.05, 0.1) is 13.2 Å². The molecule has 3 aromatic rings. The first-order chi connectivity index (χ1) is 14.8. The van der Waals surface area contributed by atoms with Crippen LogP contribution < -0.4 is 0 Å². The maximum Gasteiger partial charge on any atom is 0.159 e. The van der Waals surface area contributed by atoms with Crippen molar-refractivity contribution >= 4 is 6.08 Å². The van der Waals surface area contributed by atoms with Gasteiger partial charge in [-0.05, 0) is 43.5 Å². The number of aliphatic hydroxyl groups excluding tert-OH is 4. The molecule has 0 aliphatic heterocycles. The summed E-state index contributed by atoms with van der Waals surface area (Å²) in [5.41, 5.74) is 2.93. The number of hydrogen-bond donors (Lipinski definition) is 4. The standard InChI is InChI=1S/2C7H10N2O2.C7H8N2/c2*1-5-2-8-7(9-3-5)6(11)4-10;1-3-7-8-4-6(2)5-9-7/h2*2-3,6,10-11H,4H2,1H3;3-5H,1H2,2H3/t2*6-;/m10./s1. The first-order valence-electron chi connectivity index (χ1n) is 9.36. The third kappa shape index (κ3) is 9.92. The second-order valence-electron chi connectivity index (χ2n) is 6.46. The van der Waals surface area contributed by atoms with Crippen molar-refractivity contribution in [3.63, 3.8) is 0 Å². The average Bonchev–Trinajstić information content (AvgIpc) is 2.80. The molecule has 3 aromatic heterocycles. The maximum absolute atomic E-state index is 9.05. The average molecular weight is 428 g/mol. The Hall–Kier alpha value is -3.18. The monoisotopic (exact) mass is 428 g/mol. The molecule has 0 aromatic carbocycles. The molecular formula is C21H28N6O4. The van der Waals surface area contributed by atoms with Gasteiger partial charge in [0.1, 0.15) is 12.2 Å². The van der Waals surface area contributed by atoms with Gasteiger partial charge in [0.2, 0.25) is 0 Å². The van der Waals surface area contributed by atoms with Crippen LogP contribution in [0.25, 0.3) is 6.08 Å². The van der Waals surface area contributed by atoms with E-state index < -0.39 is 12.2 Å². The lowest BCUT2D eigenvalue weighted by atomic mass is 10.3. The molecule has 0 saturated heterocycles. The third-order valence-electron chi connectivity index (χ3n) is 3.53. The van der Waals surface area contributed by atoms with Crippen molar-refractivity contribution in [3.8, 4) is 0 Å². The molecule has 4 N–H and O–H groups in total. The molecule has 0 bridgehead atoms. The lowest BCUT2D eigenvalue weighted by molar-refractivity contribution is 0.0885. The van der Waals surface area contributed by atoms with E-state index in [2.05, 4.69) is 36.5 Å². The van der Waals surface area contributed by atoms with Crippen LogP contribution >= 0.6 is 0 Å². The predicted octanol–water partition coefficient (Wildman–Crippen LogP) is 1.05. The fourth-order valence-electron chi connectivity index (χ4n) is 1.82. The summed E-state index contributed by atoms with van der Waals surface area (Å²) in [6.45, 7) is 8.51. The van der Waals surface area contributed by atoms with Gasteiger partial charge in [0, 0.05) is 37.2 Å². The molecule has 0 fully saturated rings. The van der Waals surface area contributed by atoms with Gasteiger partial charge in [0.15, 0.2) is 17.5 Å². The molecular weight excluding hydrogens is 400 g/mol. The summed E-state index contributed by atoms with van der Waals surface area (Å²) in [7, 11) is 0. The van der Waals surface area contributed by atoms with Crippen LogP contribution in [0.4, 0.5) is 0 Å². The highest BCUT2D eigenvalue weighted by Gasteiger charge is 2.07. The molecule has 0 aliphatic rings. The van der Waals surface area contributed by atoms with Crippen LogP contribution in [-0.4, -0.2) is 63.5 Å². The summed E-state index contributed by atoms with van der Waals surface area (Å²) < 4.78 is 0. The SMILES string of the molecule is C=Cc1ncc(C)cn1.Cc1cnc([C@@H](O)CO)nc1.Cc1cnc([C@H](O)CO)nc1. The van der Waals surface area contributed by atoms with Crippen LogP contribution in [0.1, 0.15) is 46.4 Å². The Morgan fingerprint density at radius 2 is 0.968 bits per heavy atom. The van der Waals surface area contributed by atoms with E-state index in [0.29, 0.717) is 5.82 Å². The molecule has 3 rings (SSSR count). The van der Waals surface area contributed by atoms with Gasteiger partial charge in [-0.1, -0.05) is 6.58 Å². The number of aryl methyl sites for hydroxylation is 3. The van der Waals surface area contributed by atoms with E-state index in [0.717, 1.165) is 16.7 Å². The highest BCUT2D eigenvalue weighted by Crippen LogP contribution is 2.05. The van der Waals surface area contributed by atoms with E-state index in [1.165, 1.54) is 0 Å². The number of aromatic nitrogens is 6. The Morgan fingerprint density at radius 1 is 0.677 bits per heavy atom. The fourth-order valence-corrected chi connectivity index (χ4v) is 1.82. The van der Waals surface area contributed by atoms with Crippen LogP contribution in [0.15, 0.2) is 43.8 Å². The maximum atomic E-state index is 9.05. The van der Waals surface area contributed by atoms with Gasteiger partial charge >= 0.3 is 0 Å². The van der Waals surface area contributed by atoms with Gasteiger partial charge in [-0.2, -0.15) is 0 Å². The Morgan fingerprint density at radius 3 is 1.23 bits per heavy atom. The zero-order valence-electron chi connectivity index (χ0n) is 17.8. The van der Waals surface area contributed by atoms with Gasteiger partial charge in [0.25, 0.3) is 0 Å². The lowest BCUT2D eigenvalue weighted by Crippen LogP contribution is -2.07. The molecule has 166 valence electrons. The Labute approximate surface area is 181 Å². The minimum Gasteiger partial charge on any atom is -0.393 e. The van der Waals surface area contributed by atoms with Crippen LogP contribution in [0.3, 0.4) is 0 Å². The summed E-state index contributed by atoms with van der Waals surface area (Å²) in [5, 5.41) is 35.1. The van der Waals surface area contributed by atoms with Crippen LogP contribution in [0.2, 0.25) is 0 Å². The number of hydrogen-bond acceptors (Lipinski definition) is 10. The van der Waals surface area contributed by atoms with Gasteiger partial charge in [-0.25, -0.2) is 29.9 Å². The fraction of sp³-hybridized carbons (Fsp3) is 0.333. The zero-order chi connectivity index (χ0) is 23.2. The molecule has 2 atom stereocenters. The molecule has 3 heterocycles. The summed E-state index contributed by atoms with van der Waals surface area (Å²) in [4.78, 5) is 23.2. The number of aliphatic hydroxyl groups is 4. The summed E-state index contributed by atoms with van der Waals surface area (Å²) in [5.74, 6) is 1.21. The number of nitrogens with zero attached hydrogens (tertiary/aromatic N) is 6. The first kappa shape index (κ1) is 25.9. The smallest absolute Gasteiger partial charge is 0.159 e. The van der Waals surface area contributed by atoms with Crippen molar-refractivity contribution < 1.29 is 20.4 Å². The molecule has 10 nitrogen and oxygen atoms in total. The quantitative estimate of drug-likeness (QED) is 0.463. The predicted molar refractivity (Wildman–Crippen MR) is 114 cm³/mol. The minimum atomic E-state index is -0.962. The molecule has 0 radical (unpaired) electrons. The van der Waals surface area contributed by atoms with Crippen molar-refractivity contribution in [2.75, 3.05) is 13.2 Å². The van der Waals surface area contributed by atoms with Crippen LogP contribution in [0.5, 0.6) is 0 Å². The van der Waals surface area contributed by atoms with Crippen LogP contribution in [-0.2, 0) is 0 Å². The Balaban J connectivity index is 0.000000234. The van der Waals surface area contributed by atoms with E-state index in [1.54, 1.807) is 43.3 Å². The lowest BCUT2D eigenvalue weighted by Gasteiger charge is -2.03. The summed E-state index contributed by atoms with van der Waals surface area (Å²) >= 11 is 0. The van der Waals surface area contributed by atoms with E-state index in [9.17, 15) is 0 Å². The third-order valence-corrected chi connectivity index (χ3v) is 3.53. The van der Waals surface area contributed by atoms with Crippen molar-refractivity contribution in [2.24, 2.45) is 0 Å². The van der Waals surface area contributed by atoms with Gasteiger partial charge in [-0.3, -0.25) is 0 Å². The van der Waals surface area contributed by atoms with Gasteiger partial charge < -0.3 is 20.4 Å². The highest BCUT2D eigenvalue weighted by molar-refractivity contribution is 5.35. The molecule has 0 unspecified atom stereocenters. The van der Waals surface area contributed by atoms with Crippen molar-refractivity contribution in [2.45, 2.75) is 33.0 Å². The molecule has 31 heavy (non-hydrogen) atoms. The second-order valence-corrected chi connectivity index (χ2v) is 6.46. The van der Waals surface area contributed by atoms with Crippen LogP contribution in [0, 0.1) is 20.8 Å². The van der Waals surface area contributed by atoms with E-state index in [-0.39, 0.29) is 24.9 Å². The first-order valence-corrected chi connectivity index (χ1v) is 9.36. The van der Waals surface area contributed by atoms with E-state index in [1.807, 2.05) is 20.8 Å². The largest absolute Gasteiger partial charge is 0.393 e. The zero-order valence-corrected chi connectivity index (χ0v) is 17.8. The van der Waals surface area contributed by atoms with E-state index in [4.69, 9.17) is 20.4 Å². The summed E-state index contributed by atoms with van der Waals surface area (Å²) in [6.07, 6.45) is 9.63. The molecule has 0 saturated carbocycles. The Bertz CT molecular complexity index is 838.